The summed E-state index contributed by atoms with van der Waals surface area (Å²) < 4.78 is 13.0. The van der Waals surface area contributed by atoms with Gasteiger partial charge >= 0.3 is 0 Å². The molecule has 6 heteroatoms. The number of amides is 1. The van der Waals surface area contributed by atoms with Gasteiger partial charge in [0.15, 0.2) is 0 Å². The van der Waals surface area contributed by atoms with Crippen LogP contribution in [0.2, 0.25) is 5.02 Å². The second-order valence-corrected chi connectivity index (χ2v) is 5.41. The van der Waals surface area contributed by atoms with E-state index in [1.54, 1.807) is 11.9 Å². The maximum Gasteiger partial charge on any atom is 0.238 e. The normalized spacial score (nSPS) is 11.7. The Morgan fingerprint density at radius 2 is 2.16 bits per heavy atom. The number of hydrogen-bond donors (Lipinski definition) is 2. The van der Waals surface area contributed by atoms with Crippen molar-refractivity contribution in [1.29, 1.82) is 0 Å². The zero-order chi connectivity index (χ0) is 14.6. The first kappa shape index (κ1) is 15.9. The minimum Gasteiger partial charge on any atom is -0.394 e. The summed E-state index contributed by atoms with van der Waals surface area (Å²) in [5.74, 6) is -0.787. The number of carbonyl (C=O) groups excluding carboxylic acids is 1. The van der Waals surface area contributed by atoms with E-state index in [0.717, 1.165) is 0 Å². The molecule has 0 aliphatic rings. The molecule has 2 N–H and O–H groups in total. The fourth-order valence-corrected chi connectivity index (χ4v) is 1.51. The Hall–Kier alpha value is -1.17. The average Bonchev–Trinajstić information content (AvgIpc) is 2.33. The van der Waals surface area contributed by atoms with Crippen LogP contribution in [0.3, 0.4) is 0 Å². The summed E-state index contributed by atoms with van der Waals surface area (Å²) >= 11 is 5.63. The molecule has 0 bridgehead atoms. The third-order valence-corrected chi connectivity index (χ3v) is 3.29. The summed E-state index contributed by atoms with van der Waals surface area (Å²) in [4.78, 5) is 13.5. The number of aliphatic hydroxyl groups is 1. The number of likely N-dealkylation sites (N-methyl/N-ethyl adjacent to an activating group) is 1. The number of carbonyl (C=O) groups is 1. The van der Waals surface area contributed by atoms with Crippen molar-refractivity contribution in [2.45, 2.75) is 19.4 Å². The lowest BCUT2D eigenvalue weighted by Gasteiger charge is -2.33. The number of nitrogens with zero attached hydrogens (tertiary/aromatic N) is 1. The van der Waals surface area contributed by atoms with E-state index < -0.39 is 11.4 Å². The maximum absolute atomic E-state index is 13.0. The van der Waals surface area contributed by atoms with Crippen molar-refractivity contribution in [2.75, 3.05) is 25.5 Å². The van der Waals surface area contributed by atoms with Crippen molar-refractivity contribution in [3.05, 3.63) is 29.0 Å². The van der Waals surface area contributed by atoms with Crippen molar-refractivity contribution in [1.82, 2.24) is 4.90 Å². The molecular weight excluding hydrogens is 271 g/mol. The van der Waals surface area contributed by atoms with Crippen LogP contribution in [-0.4, -0.2) is 41.7 Å². The second-order valence-electron chi connectivity index (χ2n) is 5.00. The van der Waals surface area contributed by atoms with Crippen LogP contribution in [0.25, 0.3) is 0 Å². The summed E-state index contributed by atoms with van der Waals surface area (Å²) in [6.45, 7) is 3.71. The highest BCUT2D eigenvalue weighted by Crippen LogP contribution is 2.19. The van der Waals surface area contributed by atoms with Gasteiger partial charge in [0.25, 0.3) is 0 Å². The second kappa shape index (κ2) is 6.32. The molecule has 1 aromatic carbocycles. The van der Waals surface area contributed by atoms with Crippen molar-refractivity contribution in [2.24, 2.45) is 0 Å². The number of halogens is 2. The van der Waals surface area contributed by atoms with Crippen LogP contribution in [-0.2, 0) is 4.79 Å². The van der Waals surface area contributed by atoms with Crippen LogP contribution in [0.15, 0.2) is 18.2 Å². The number of nitrogens with one attached hydrogen (secondary N) is 1. The zero-order valence-corrected chi connectivity index (χ0v) is 12.0. The molecule has 0 saturated heterocycles. The molecular formula is C13H18ClFN2O2. The van der Waals surface area contributed by atoms with Crippen LogP contribution in [0.1, 0.15) is 13.8 Å². The first-order valence-corrected chi connectivity index (χ1v) is 6.21. The predicted octanol–water partition coefficient (Wildman–Crippen LogP) is 2.12. The third-order valence-electron chi connectivity index (χ3n) is 3.00. The molecule has 0 spiro atoms. The van der Waals surface area contributed by atoms with Gasteiger partial charge in [0.1, 0.15) is 5.82 Å². The average molecular weight is 289 g/mol. The first-order valence-electron chi connectivity index (χ1n) is 5.83. The highest BCUT2D eigenvalue weighted by Gasteiger charge is 2.24. The van der Waals surface area contributed by atoms with Gasteiger partial charge in [-0.3, -0.25) is 9.69 Å². The van der Waals surface area contributed by atoms with E-state index in [4.69, 9.17) is 11.6 Å². The molecule has 1 amide bonds. The van der Waals surface area contributed by atoms with Gasteiger partial charge in [-0.2, -0.15) is 0 Å². The highest BCUT2D eigenvalue weighted by molar-refractivity contribution is 6.31. The Kier molecular flexibility index (Phi) is 5.29. The zero-order valence-electron chi connectivity index (χ0n) is 11.2. The lowest BCUT2D eigenvalue weighted by atomic mass is 10.1. The molecule has 1 rings (SSSR count). The van der Waals surface area contributed by atoms with Gasteiger partial charge < -0.3 is 10.4 Å². The molecule has 106 valence electrons. The van der Waals surface area contributed by atoms with E-state index in [2.05, 4.69) is 5.32 Å². The predicted molar refractivity (Wildman–Crippen MR) is 73.8 cm³/mol. The molecule has 0 fully saturated rings. The van der Waals surface area contributed by atoms with Crippen LogP contribution in [0.5, 0.6) is 0 Å². The van der Waals surface area contributed by atoms with E-state index in [-0.39, 0.29) is 24.1 Å². The summed E-state index contributed by atoms with van der Waals surface area (Å²) in [5.41, 5.74) is -0.0516. The molecule has 0 radical (unpaired) electrons. The molecule has 0 aliphatic heterocycles. The van der Waals surface area contributed by atoms with Gasteiger partial charge in [0.05, 0.1) is 18.2 Å². The Balaban J connectivity index is 2.63. The molecule has 4 nitrogen and oxygen atoms in total. The van der Waals surface area contributed by atoms with Gasteiger partial charge in [-0.05, 0) is 39.1 Å². The van der Waals surface area contributed by atoms with Crippen molar-refractivity contribution < 1.29 is 14.3 Å². The van der Waals surface area contributed by atoms with Crippen LogP contribution in [0, 0.1) is 5.82 Å². The quantitative estimate of drug-likeness (QED) is 0.873. The topological polar surface area (TPSA) is 52.6 Å². The smallest absolute Gasteiger partial charge is 0.238 e. The van der Waals surface area contributed by atoms with Gasteiger partial charge in [-0.25, -0.2) is 4.39 Å². The van der Waals surface area contributed by atoms with Gasteiger partial charge in [-0.15, -0.1) is 0 Å². The minimum atomic E-state index is -0.529. The number of benzene rings is 1. The number of rotatable bonds is 5. The van der Waals surface area contributed by atoms with E-state index in [1.165, 1.54) is 18.2 Å². The van der Waals surface area contributed by atoms with Crippen LogP contribution < -0.4 is 5.32 Å². The molecule has 0 aromatic heterocycles. The number of anilines is 1. The Morgan fingerprint density at radius 1 is 1.53 bits per heavy atom. The third kappa shape index (κ3) is 4.45. The number of hydrogen-bond acceptors (Lipinski definition) is 3. The molecule has 0 aliphatic carbocycles. The van der Waals surface area contributed by atoms with Crippen molar-refractivity contribution >= 4 is 23.2 Å². The molecule has 0 saturated carbocycles. The molecule has 0 heterocycles. The van der Waals surface area contributed by atoms with E-state index in [0.29, 0.717) is 5.69 Å². The summed E-state index contributed by atoms with van der Waals surface area (Å²) in [7, 11) is 1.74. The molecule has 19 heavy (non-hydrogen) atoms. The van der Waals surface area contributed by atoms with Crippen LogP contribution >= 0.6 is 11.6 Å². The van der Waals surface area contributed by atoms with Gasteiger partial charge in [0.2, 0.25) is 5.91 Å². The largest absolute Gasteiger partial charge is 0.394 e. The highest BCUT2D eigenvalue weighted by atomic mass is 35.5. The number of aliphatic hydroxyl groups excluding tert-OH is 1. The van der Waals surface area contributed by atoms with Crippen molar-refractivity contribution in [3.63, 3.8) is 0 Å². The fourth-order valence-electron chi connectivity index (χ4n) is 1.32. The first-order chi connectivity index (χ1) is 8.76. The summed E-state index contributed by atoms with van der Waals surface area (Å²) in [6.07, 6.45) is 0. The molecule has 1 aromatic rings. The van der Waals surface area contributed by atoms with E-state index >= 15 is 0 Å². The summed E-state index contributed by atoms with van der Waals surface area (Å²) in [5, 5.41) is 11.8. The lowest BCUT2D eigenvalue weighted by Crippen LogP contribution is -2.47. The Bertz CT molecular complexity index is 466. The molecule has 0 unspecified atom stereocenters. The lowest BCUT2D eigenvalue weighted by molar-refractivity contribution is -0.118. The molecule has 0 atom stereocenters. The van der Waals surface area contributed by atoms with Crippen LogP contribution in [0.4, 0.5) is 10.1 Å². The van der Waals surface area contributed by atoms with Gasteiger partial charge in [-0.1, -0.05) is 11.6 Å². The van der Waals surface area contributed by atoms with E-state index in [1.807, 2.05) is 13.8 Å². The monoisotopic (exact) mass is 288 g/mol. The van der Waals surface area contributed by atoms with E-state index in [9.17, 15) is 14.3 Å². The Labute approximate surface area is 117 Å². The van der Waals surface area contributed by atoms with Gasteiger partial charge in [0, 0.05) is 11.2 Å². The Morgan fingerprint density at radius 3 is 2.68 bits per heavy atom. The minimum absolute atomic E-state index is 0.0400. The fraction of sp³-hybridized carbons (Fsp3) is 0.462. The van der Waals surface area contributed by atoms with Crippen molar-refractivity contribution in [3.8, 4) is 0 Å². The standard InChI is InChI=1S/C13H18ClFN2O2/c1-13(2,8-18)17(3)7-12(19)16-9-4-5-11(15)10(14)6-9/h4-6,18H,7-8H2,1-3H3,(H,16,19). The maximum atomic E-state index is 13.0. The SMILES string of the molecule is CN(CC(=O)Nc1ccc(F)c(Cl)c1)C(C)(C)CO. The summed E-state index contributed by atoms with van der Waals surface area (Å²) in [6, 6.07) is 3.99.